The van der Waals surface area contributed by atoms with Crippen molar-refractivity contribution in [2.45, 2.75) is 48.1 Å². The Morgan fingerprint density at radius 2 is 1.77 bits per heavy atom. The second kappa shape index (κ2) is 12.1. The molecule has 1 atom stereocenters. The van der Waals surface area contributed by atoms with Crippen LogP contribution in [0.15, 0.2) is 77.4 Å². The molecule has 7 rings (SSSR count). The molecule has 3 aromatic rings. The third kappa shape index (κ3) is 6.40. The topological polar surface area (TPSA) is 90.7 Å². The first-order valence-electron chi connectivity index (χ1n) is 14.0. The van der Waals surface area contributed by atoms with Gasteiger partial charge in [-0.05, 0) is 92.5 Å². The maximum atomic E-state index is 14.0. The van der Waals surface area contributed by atoms with Gasteiger partial charge in [-0.25, -0.2) is 9.37 Å². The van der Waals surface area contributed by atoms with Crippen molar-refractivity contribution in [2.24, 2.45) is 11.8 Å². The highest BCUT2D eigenvalue weighted by Gasteiger charge is 2.48. The van der Waals surface area contributed by atoms with Gasteiger partial charge in [-0.1, -0.05) is 51.3 Å². The lowest BCUT2D eigenvalue weighted by atomic mass is 9.69. The average molecular weight is 690 g/mol. The lowest BCUT2D eigenvalue weighted by molar-refractivity contribution is -0.161. The van der Waals surface area contributed by atoms with Gasteiger partial charge in [0, 0.05) is 16.7 Å². The van der Waals surface area contributed by atoms with Crippen molar-refractivity contribution >= 4 is 51.0 Å². The molecule has 1 aromatic heterocycles. The van der Waals surface area contributed by atoms with Crippen LogP contribution in [-0.2, 0) is 19.7 Å². The van der Waals surface area contributed by atoms with Gasteiger partial charge in [0.15, 0.2) is 17.8 Å². The number of esters is 1. The van der Waals surface area contributed by atoms with E-state index in [0.29, 0.717) is 22.6 Å². The number of benzene rings is 2. The summed E-state index contributed by atoms with van der Waals surface area (Å²) in [7, 11) is 0. The fraction of sp³-hybridized carbons (Fsp3) is 0.344. The zero-order valence-corrected chi connectivity index (χ0v) is 26.0. The Morgan fingerprint density at radius 1 is 1.05 bits per heavy atom. The van der Waals surface area contributed by atoms with E-state index in [1.54, 1.807) is 42.6 Å². The second-order valence-electron chi connectivity index (χ2n) is 11.2. The Morgan fingerprint density at radius 3 is 2.42 bits per heavy atom. The molecule has 4 aliphatic carbocycles. The molecule has 4 aliphatic rings. The van der Waals surface area contributed by atoms with E-state index in [1.165, 1.54) is 25.0 Å². The van der Waals surface area contributed by atoms with Gasteiger partial charge in [0.1, 0.15) is 22.1 Å². The van der Waals surface area contributed by atoms with Gasteiger partial charge >= 0.3 is 5.97 Å². The summed E-state index contributed by atoms with van der Waals surface area (Å²) in [5.41, 5.74) is -0.705. The van der Waals surface area contributed by atoms with Crippen molar-refractivity contribution in [3.63, 3.8) is 0 Å². The van der Waals surface area contributed by atoms with E-state index in [2.05, 4.69) is 26.2 Å². The lowest BCUT2D eigenvalue weighted by Gasteiger charge is -2.42. The van der Waals surface area contributed by atoms with Crippen LogP contribution in [0.2, 0.25) is 10.0 Å². The van der Waals surface area contributed by atoms with Crippen LogP contribution >= 0.6 is 39.1 Å². The van der Waals surface area contributed by atoms with Gasteiger partial charge < -0.3 is 19.2 Å². The van der Waals surface area contributed by atoms with Crippen LogP contribution in [0.1, 0.15) is 38.0 Å². The first-order chi connectivity index (χ1) is 20.6. The van der Waals surface area contributed by atoms with Crippen molar-refractivity contribution < 1.29 is 27.9 Å². The molecule has 1 amide bonds. The highest BCUT2D eigenvalue weighted by Crippen LogP contribution is 2.45. The summed E-state index contributed by atoms with van der Waals surface area (Å²) in [6.45, 7) is -0.377. The van der Waals surface area contributed by atoms with Crippen molar-refractivity contribution in [1.29, 1.82) is 0 Å². The number of amides is 1. The standard InChI is InChI=1S/C32H28BrCl2FN2O5/c33-32(38-28(39)18-41-23-9-10-24(35)25(36)16-23)13-11-31(12-14-32,30(40)43-26-15-19-1-3-20(26)4-2-19)29-37-17-27(42-29)21-5-7-22(34)8-6-21/h5-14,16-17,19-20,26H,1-4,15,18H2,(H,38,39). The molecule has 0 aliphatic heterocycles. The van der Waals surface area contributed by atoms with E-state index < -0.39 is 27.6 Å². The molecule has 1 N–H and O–H groups in total. The van der Waals surface area contributed by atoms with E-state index in [0.717, 1.165) is 30.9 Å². The van der Waals surface area contributed by atoms with E-state index in [1.807, 2.05) is 12.1 Å². The van der Waals surface area contributed by atoms with Crippen molar-refractivity contribution in [1.82, 2.24) is 10.3 Å². The summed E-state index contributed by atoms with van der Waals surface area (Å²) in [5.74, 6) is 0.0690. The van der Waals surface area contributed by atoms with Crippen LogP contribution in [0.5, 0.6) is 5.75 Å². The van der Waals surface area contributed by atoms with Gasteiger partial charge in [0.2, 0.25) is 5.89 Å². The summed E-state index contributed by atoms with van der Waals surface area (Å²) < 4.78 is 30.3. The van der Waals surface area contributed by atoms with Crippen LogP contribution in [-0.4, -0.2) is 34.0 Å². The Hall–Kier alpha value is -3.14. The average Bonchev–Trinajstić information content (AvgIpc) is 3.50. The Bertz CT molecular complexity index is 1570. The van der Waals surface area contributed by atoms with E-state index in [9.17, 15) is 14.0 Å². The van der Waals surface area contributed by atoms with Gasteiger partial charge in [-0.2, -0.15) is 0 Å². The molecule has 1 heterocycles. The largest absolute Gasteiger partial charge is 0.484 e. The number of rotatable bonds is 8. The molecule has 224 valence electrons. The molecule has 2 aromatic carbocycles. The number of hydrogen-bond acceptors (Lipinski definition) is 6. The predicted molar refractivity (Wildman–Crippen MR) is 164 cm³/mol. The van der Waals surface area contributed by atoms with Gasteiger partial charge in [0.25, 0.3) is 5.91 Å². The summed E-state index contributed by atoms with van der Waals surface area (Å²) in [4.78, 5) is 31.2. The molecule has 11 heteroatoms. The maximum absolute atomic E-state index is 14.0. The number of alkyl halides is 1. The molecule has 43 heavy (non-hydrogen) atoms. The minimum atomic E-state index is -1.46. The number of carbonyl (C=O) groups is 2. The second-order valence-corrected chi connectivity index (χ2v) is 13.4. The summed E-state index contributed by atoms with van der Waals surface area (Å²) in [5, 5.41) is 3.35. The molecule has 1 unspecified atom stereocenters. The number of aromatic nitrogens is 1. The monoisotopic (exact) mass is 688 g/mol. The van der Waals surface area contributed by atoms with Gasteiger partial charge in [0.05, 0.1) is 11.2 Å². The SMILES string of the molecule is O=C(COc1ccc(Cl)c(F)c1)NC1(Br)C=CC(C(=O)OC2CC3CCC2CC3)(c2ncc(-c3ccc(Cl)cc3)o2)C=C1. The van der Waals surface area contributed by atoms with Crippen molar-refractivity contribution in [2.75, 3.05) is 6.61 Å². The number of fused-ring (bicyclic) bond motifs is 3. The molecular weight excluding hydrogens is 662 g/mol. The number of carbonyl (C=O) groups excluding carboxylic acids is 2. The zero-order valence-electron chi connectivity index (χ0n) is 22.9. The number of halogens is 4. The molecular formula is C32H28BrCl2FN2O5. The Kier molecular flexibility index (Phi) is 8.41. The fourth-order valence-corrected chi connectivity index (χ4v) is 6.67. The molecule has 7 nitrogen and oxygen atoms in total. The minimum Gasteiger partial charge on any atom is -0.484 e. The molecule has 2 bridgehead atoms. The normalized spacial score (nSPS) is 27.6. The van der Waals surface area contributed by atoms with Crippen LogP contribution < -0.4 is 10.1 Å². The highest BCUT2D eigenvalue weighted by molar-refractivity contribution is 9.10. The number of hydrogen-bond donors (Lipinski definition) is 1. The fourth-order valence-electron chi connectivity index (χ4n) is 5.94. The molecule has 0 spiro atoms. The summed E-state index contributed by atoms with van der Waals surface area (Å²) >= 11 is 15.3. The predicted octanol–water partition coefficient (Wildman–Crippen LogP) is 7.56. The number of nitrogens with one attached hydrogen (secondary N) is 1. The molecule has 0 radical (unpaired) electrons. The third-order valence-corrected chi connectivity index (χ3v) is 9.62. The number of oxazole rings is 1. The highest BCUT2D eigenvalue weighted by atomic mass is 79.9. The third-order valence-electron chi connectivity index (χ3n) is 8.34. The maximum Gasteiger partial charge on any atom is 0.329 e. The first-order valence-corrected chi connectivity index (χ1v) is 15.6. The molecule has 0 saturated heterocycles. The summed E-state index contributed by atoms with van der Waals surface area (Å²) in [6, 6.07) is 11.0. The molecule has 3 saturated carbocycles. The van der Waals surface area contributed by atoms with Gasteiger partial charge in [-0.15, -0.1) is 0 Å². The van der Waals surface area contributed by atoms with Crippen molar-refractivity contribution in [3.8, 4) is 17.1 Å². The smallest absolute Gasteiger partial charge is 0.329 e. The lowest BCUT2D eigenvalue weighted by Crippen LogP contribution is -2.47. The van der Waals surface area contributed by atoms with Crippen LogP contribution in [0, 0.1) is 17.7 Å². The minimum absolute atomic E-state index is 0.0435. The van der Waals surface area contributed by atoms with E-state index in [4.69, 9.17) is 37.1 Å². The van der Waals surface area contributed by atoms with Crippen LogP contribution in [0.25, 0.3) is 11.3 Å². The summed E-state index contributed by atoms with van der Waals surface area (Å²) in [6.07, 6.45) is 13.2. The number of ether oxygens (including phenoxy) is 2. The quantitative estimate of drug-likeness (QED) is 0.114. The van der Waals surface area contributed by atoms with E-state index >= 15 is 0 Å². The zero-order chi connectivity index (χ0) is 30.2. The van der Waals surface area contributed by atoms with Crippen LogP contribution in [0.4, 0.5) is 4.39 Å². The number of nitrogens with zero attached hydrogens (tertiary/aromatic N) is 1. The Labute approximate surface area is 266 Å². The van der Waals surface area contributed by atoms with Gasteiger partial charge in [-0.3, -0.25) is 9.59 Å². The molecule has 3 fully saturated rings. The van der Waals surface area contributed by atoms with Crippen LogP contribution in [0.3, 0.4) is 0 Å². The first kappa shape index (κ1) is 29.9. The Balaban J connectivity index is 1.22. The van der Waals surface area contributed by atoms with E-state index in [-0.39, 0.29) is 29.4 Å². The van der Waals surface area contributed by atoms with Crippen molar-refractivity contribution in [3.05, 3.63) is 94.7 Å².